The standard InChI is InChI=1S/C10H21N5O2/c1-2-17-7-3-4-13-10(14-11)15-6-5-12-9(16)8-15/h2-8,11H2,1H3,(H,12,16)(H,13,14). The molecular weight excluding hydrogens is 222 g/mol. The molecule has 7 heteroatoms. The summed E-state index contributed by atoms with van der Waals surface area (Å²) in [6, 6.07) is 0. The van der Waals surface area contributed by atoms with E-state index in [9.17, 15) is 4.79 Å². The monoisotopic (exact) mass is 243 g/mol. The fourth-order valence-electron chi connectivity index (χ4n) is 1.55. The van der Waals surface area contributed by atoms with E-state index in [0.29, 0.717) is 32.2 Å². The number of hydrogen-bond acceptors (Lipinski definition) is 4. The van der Waals surface area contributed by atoms with Crippen LogP contribution in [-0.4, -0.2) is 56.2 Å². The molecule has 17 heavy (non-hydrogen) atoms. The number of rotatable bonds is 5. The topological polar surface area (TPSA) is 92.0 Å². The molecule has 0 unspecified atom stereocenters. The van der Waals surface area contributed by atoms with E-state index >= 15 is 0 Å². The highest BCUT2D eigenvalue weighted by molar-refractivity contribution is 5.87. The van der Waals surface area contributed by atoms with Gasteiger partial charge in [-0.05, 0) is 13.3 Å². The maximum atomic E-state index is 11.2. The van der Waals surface area contributed by atoms with Crippen molar-refractivity contribution in [3.8, 4) is 0 Å². The van der Waals surface area contributed by atoms with Gasteiger partial charge in [-0.25, -0.2) is 5.84 Å². The molecule has 1 fully saturated rings. The molecule has 0 saturated carbocycles. The lowest BCUT2D eigenvalue weighted by Crippen LogP contribution is -2.55. The van der Waals surface area contributed by atoms with Gasteiger partial charge in [-0.1, -0.05) is 0 Å². The lowest BCUT2D eigenvalue weighted by Gasteiger charge is -2.28. The summed E-state index contributed by atoms with van der Waals surface area (Å²) in [6.45, 7) is 5.66. The molecule has 1 amide bonds. The van der Waals surface area contributed by atoms with Gasteiger partial charge in [0.2, 0.25) is 11.9 Å². The molecule has 1 heterocycles. The first-order chi connectivity index (χ1) is 8.27. The Labute approximate surface area is 101 Å². The molecule has 1 aliphatic rings. The average Bonchev–Trinajstić information content (AvgIpc) is 2.34. The van der Waals surface area contributed by atoms with Crippen molar-refractivity contribution in [2.24, 2.45) is 10.8 Å². The fourth-order valence-corrected chi connectivity index (χ4v) is 1.55. The summed E-state index contributed by atoms with van der Waals surface area (Å²) in [4.78, 5) is 17.4. The molecule has 0 aromatic heterocycles. The molecule has 0 aromatic carbocycles. The lowest BCUT2D eigenvalue weighted by molar-refractivity contribution is -0.122. The summed E-state index contributed by atoms with van der Waals surface area (Å²) >= 11 is 0. The highest BCUT2D eigenvalue weighted by atomic mass is 16.5. The van der Waals surface area contributed by atoms with E-state index in [1.807, 2.05) is 11.8 Å². The minimum Gasteiger partial charge on any atom is -0.382 e. The Balaban J connectivity index is 2.35. The van der Waals surface area contributed by atoms with E-state index in [0.717, 1.165) is 19.6 Å². The third-order valence-electron chi connectivity index (χ3n) is 2.38. The molecule has 98 valence electrons. The van der Waals surface area contributed by atoms with Gasteiger partial charge in [-0.3, -0.25) is 15.2 Å². The van der Waals surface area contributed by atoms with Gasteiger partial charge >= 0.3 is 0 Å². The number of ether oxygens (including phenoxy) is 1. The molecule has 1 aliphatic heterocycles. The zero-order valence-electron chi connectivity index (χ0n) is 10.2. The maximum absolute atomic E-state index is 11.2. The van der Waals surface area contributed by atoms with E-state index < -0.39 is 0 Å². The van der Waals surface area contributed by atoms with Crippen LogP contribution in [-0.2, 0) is 9.53 Å². The van der Waals surface area contributed by atoms with Crippen molar-refractivity contribution < 1.29 is 9.53 Å². The molecule has 1 rings (SSSR count). The summed E-state index contributed by atoms with van der Waals surface area (Å²) in [5.41, 5.74) is 2.54. The average molecular weight is 243 g/mol. The number of nitrogens with one attached hydrogen (secondary N) is 2. The molecule has 7 nitrogen and oxygen atoms in total. The Bertz CT molecular complexity index is 269. The third-order valence-corrected chi connectivity index (χ3v) is 2.38. The Morgan fingerprint density at radius 1 is 1.71 bits per heavy atom. The number of hydrazine groups is 1. The summed E-state index contributed by atoms with van der Waals surface area (Å²) in [5, 5.41) is 2.75. The highest BCUT2D eigenvalue weighted by Crippen LogP contribution is 1.95. The zero-order valence-corrected chi connectivity index (χ0v) is 10.2. The highest BCUT2D eigenvalue weighted by Gasteiger charge is 2.18. The van der Waals surface area contributed by atoms with Gasteiger partial charge in [-0.2, -0.15) is 0 Å². The second-order valence-electron chi connectivity index (χ2n) is 3.67. The molecule has 0 aliphatic carbocycles. The molecule has 0 radical (unpaired) electrons. The van der Waals surface area contributed by atoms with Crippen LogP contribution in [0, 0.1) is 0 Å². The van der Waals surface area contributed by atoms with Gasteiger partial charge in [0, 0.05) is 32.8 Å². The van der Waals surface area contributed by atoms with Crippen LogP contribution in [0.4, 0.5) is 0 Å². The summed E-state index contributed by atoms with van der Waals surface area (Å²) in [7, 11) is 0. The molecule has 0 aromatic rings. The molecular formula is C10H21N5O2. The van der Waals surface area contributed by atoms with Crippen molar-refractivity contribution >= 4 is 11.9 Å². The molecule has 4 N–H and O–H groups in total. The van der Waals surface area contributed by atoms with Crippen LogP contribution in [0.3, 0.4) is 0 Å². The molecule has 1 saturated heterocycles. The van der Waals surface area contributed by atoms with E-state index in [4.69, 9.17) is 10.6 Å². The van der Waals surface area contributed by atoms with Crippen molar-refractivity contribution in [3.05, 3.63) is 0 Å². The van der Waals surface area contributed by atoms with Gasteiger partial charge in [0.15, 0.2) is 0 Å². The van der Waals surface area contributed by atoms with Gasteiger partial charge in [0.05, 0.1) is 6.54 Å². The lowest BCUT2D eigenvalue weighted by atomic mass is 10.4. The second-order valence-corrected chi connectivity index (χ2v) is 3.67. The fraction of sp³-hybridized carbons (Fsp3) is 0.800. The number of guanidine groups is 1. The first kappa shape index (κ1) is 13.7. The molecule has 0 spiro atoms. The number of piperazine rings is 1. The Morgan fingerprint density at radius 3 is 3.18 bits per heavy atom. The largest absolute Gasteiger partial charge is 0.382 e. The van der Waals surface area contributed by atoms with Crippen LogP contribution in [0.2, 0.25) is 0 Å². The number of hydrogen-bond donors (Lipinski definition) is 3. The smallest absolute Gasteiger partial charge is 0.239 e. The van der Waals surface area contributed by atoms with E-state index in [-0.39, 0.29) is 5.91 Å². The Morgan fingerprint density at radius 2 is 2.53 bits per heavy atom. The maximum Gasteiger partial charge on any atom is 0.239 e. The van der Waals surface area contributed by atoms with Crippen molar-refractivity contribution in [1.82, 2.24) is 15.6 Å². The van der Waals surface area contributed by atoms with Crippen LogP contribution in [0.1, 0.15) is 13.3 Å². The van der Waals surface area contributed by atoms with Crippen molar-refractivity contribution in [2.45, 2.75) is 13.3 Å². The number of amides is 1. The number of nitrogens with two attached hydrogens (primary N) is 1. The first-order valence-electron chi connectivity index (χ1n) is 5.88. The van der Waals surface area contributed by atoms with Crippen LogP contribution in [0.15, 0.2) is 4.99 Å². The Kier molecular flexibility index (Phi) is 6.34. The molecule has 0 bridgehead atoms. The number of nitrogens with zero attached hydrogens (tertiary/aromatic N) is 2. The summed E-state index contributed by atoms with van der Waals surface area (Å²) in [5.74, 6) is 5.96. The van der Waals surface area contributed by atoms with Crippen LogP contribution < -0.4 is 16.6 Å². The Hall–Kier alpha value is -1.34. The predicted molar refractivity (Wildman–Crippen MR) is 65.3 cm³/mol. The minimum atomic E-state index is -0.00600. The first-order valence-corrected chi connectivity index (χ1v) is 5.88. The normalized spacial score (nSPS) is 16.9. The quantitative estimate of drug-likeness (QED) is 0.183. The van der Waals surface area contributed by atoms with Crippen molar-refractivity contribution in [3.63, 3.8) is 0 Å². The number of carbonyl (C=O) groups excluding carboxylic acids is 1. The zero-order chi connectivity index (χ0) is 12.5. The van der Waals surface area contributed by atoms with E-state index in [1.165, 1.54) is 0 Å². The van der Waals surface area contributed by atoms with Gasteiger partial charge in [0.1, 0.15) is 0 Å². The van der Waals surface area contributed by atoms with Crippen LogP contribution >= 0.6 is 0 Å². The minimum absolute atomic E-state index is 0.00600. The third kappa shape index (κ3) is 5.01. The van der Waals surface area contributed by atoms with Gasteiger partial charge in [-0.15, -0.1) is 0 Å². The second kappa shape index (κ2) is 7.86. The van der Waals surface area contributed by atoms with E-state index in [2.05, 4.69) is 15.7 Å². The van der Waals surface area contributed by atoms with Crippen LogP contribution in [0.5, 0.6) is 0 Å². The predicted octanol–water partition coefficient (Wildman–Crippen LogP) is -1.34. The van der Waals surface area contributed by atoms with Crippen molar-refractivity contribution in [1.29, 1.82) is 0 Å². The number of aliphatic imine (C=N–C) groups is 1. The number of carbonyl (C=O) groups is 1. The summed E-state index contributed by atoms with van der Waals surface area (Å²) in [6.07, 6.45) is 0.846. The molecule has 0 atom stereocenters. The SMILES string of the molecule is CCOCCCN=C(NN)N1CCNC(=O)C1. The van der Waals surface area contributed by atoms with Crippen LogP contribution in [0.25, 0.3) is 0 Å². The van der Waals surface area contributed by atoms with Gasteiger partial charge in [0.25, 0.3) is 0 Å². The van der Waals surface area contributed by atoms with Gasteiger partial charge < -0.3 is 15.0 Å². The summed E-state index contributed by atoms with van der Waals surface area (Å²) < 4.78 is 5.21. The van der Waals surface area contributed by atoms with Crippen molar-refractivity contribution in [2.75, 3.05) is 39.4 Å². The van der Waals surface area contributed by atoms with E-state index in [1.54, 1.807) is 0 Å².